The van der Waals surface area contributed by atoms with Gasteiger partial charge in [-0.2, -0.15) is 0 Å². The zero-order chi connectivity index (χ0) is 22.7. The highest BCUT2D eigenvalue weighted by Crippen LogP contribution is 2.34. The molecule has 168 valence electrons. The van der Waals surface area contributed by atoms with Crippen molar-refractivity contribution in [3.63, 3.8) is 0 Å². The van der Waals surface area contributed by atoms with Gasteiger partial charge < -0.3 is 9.64 Å². The number of nitrogens with zero attached hydrogens (tertiary/aromatic N) is 4. The lowest BCUT2D eigenvalue weighted by molar-refractivity contribution is -0.131. The summed E-state index contributed by atoms with van der Waals surface area (Å²) in [6, 6.07) is 15.2. The van der Waals surface area contributed by atoms with Gasteiger partial charge in [0.2, 0.25) is 5.91 Å². The average molecular weight is 471 g/mol. The van der Waals surface area contributed by atoms with Crippen LogP contribution in [0.25, 0.3) is 17.1 Å². The molecule has 0 radical (unpaired) electrons. The first-order chi connectivity index (χ1) is 15.5. The van der Waals surface area contributed by atoms with Crippen molar-refractivity contribution >= 4 is 29.3 Å². The molecule has 8 heteroatoms. The van der Waals surface area contributed by atoms with E-state index in [-0.39, 0.29) is 11.2 Å². The summed E-state index contributed by atoms with van der Waals surface area (Å²) >= 11 is 7.90. The van der Waals surface area contributed by atoms with Gasteiger partial charge in [0.1, 0.15) is 5.75 Å². The topological polar surface area (TPSA) is 60.2 Å². The number of likely N-dealkylation sites (tertiary alicyclic amines) is 1. The van der Waals surface area contributed by atoms with Gasteiger partial charge in [-0.25, -0.2) is 0 Å². The predicted molar refractivity (Wildman–Crippen MR) is 129 cm³/mol. The lowest BCUT2D eigenvalue weighted by Crippen LogP contribution is -2.41. The molecule has 1 aromatic heterocycles. The van der Waals surface area contributed by atoms with E-state index in [0.29, 0.717) is 21.9 Å². The maximum absolute atomic E-state index is 13.1. The number of carbonyl (C=O) groups is 1. The largest absolute Gasteiger partial charge is 0.497 e. The van der Waals surface area contributed by atoms with Crippen LogP contribution in [-0.2, 0) is 4.79 Å². The molecule has 0 spiro atoms. The Kier molecular flexibility index (Phi) is 7.06. The van der Waals surface area contributed by atoms with Crippen molar-refractivity contribution in [2.24, 2.45) is 5.92 Å². The fourth-order valence-electron chi connectivity index (χ4n) is 3.82. The minimum atomic E-state index is -0.274. The second-order valence-corrected chi connectivity index (χ2v) is 9.80. The van der Waals surface area contributed by atoms with Gasteiger partial charge in [-0.15, -0.1) is 10.2 Å². The van der Waals surface area contributed by atoms with E-state index in [1.165, 1.54) is 11.8 Å². The lowest BCUT2D eigenvalue weighted by atomic mass is 9.99. The van der Waals surface area contributed by atoms with Crippen LogP contribution in [0.5, 0.6) is 5.75 Å². The number of ether oxygens (including phenoxy) is 1. The Bertz CT molecular complexity index is 1080. The average Bonchev–Trinajstić information content (AvgIpc) is 3.22. The zero-order valence-electron chi connectivity index (χ0n) is 18.5. The van der Waals surface area contributed by atoms with Crippen LogP contribution in [0, 0.1) is 5.92 Å². The number of hydrogen-bond donors (Lipinski definition) is 0. The number of carbonyl (C=O) groups excluding carboxylic acids is 1. The van der Waals surface area contributed by atoms with Gasteiger partial charge in [0.25, 0.3) is 0 Å². The number of hydrogen-bond acceptors (Lipinski definition) is 5. The predicted octanol–water partition coefficient (Wildman–Crippen LogP) is 5.34. The molecule has 32 heavy (non-hydrogen) atoms. The van der Waals surface area contributed by atoms with Gasteiger partial charge in [0.05, 0.1) is 17.4 Å². The molecule has 1 saturated heterocycles. The molecule has 1 amide bonds. The van der Waals surface area contributed by atoms with Crippen LogP contribution >= 0.6 is 23.4 Å². The molecule has 2 heterocycles. The monoisotopic (exact) mass is 470 g/mol. The van der Waals surface area contributed by atoms with E-state index in [1.807, 2.05) is 64.9 Å². The van der Waals surface area contributed by atoms with Gasteiger partial charge in [-0.05, 0) is 62.1 Å². The molecule has 4 rings (SSSR count). The second kappa shape index (κ2) is 9.96. The molecular weight excluding hydrogens is 444 g/mol. The van der Waals surface area contributed by atoms with Crippen LogP contribution in [0.1, 0.15) is 26.7 Å². The standard InChI is InChI=1S/C24H27ClN4O2S/c1-16-12-14-28(15-13-16)23(30)17(2)32-24-27-26-22(20-6-4-5-7-21(20)25)29(24)18-8-10-19(31-3)11-9-18/h4-11,16-17H,12-15H2,1-3H3. The third-order valence-electron chi connectivity index (χ3n) is 5.80. The summed E-state index contributed by atoms with van der Waals surface area (Å²) in [5.41, 5.74) is 1.66. The number of amides is 1. The third-order valence-corrected chi connectivity index (χ3v) is 7.16. The molecule has 0 N–H and O–H groups in total. The molecule has 1 aliphatic rings. The fourth-order valence-corrected chi connectivity index (χ4v) is 4.99. The quantitative estimate of drug-likeness (QED) is 0.455. The van der Waals surface area contributed by atoms with Crippen molar-refractivity contribution in [3.05, 3.63) is 53.6 Å². The molecule has 1 fully saturated rings. The summed E-state index contributed by atoms with van der Waals surface area (Å²) in [5, 5.41) is 9.87. The zero-order valence-corrected chi connectivity index (χ0v) is 20.1. The maximum Gasteiger partial charge on any atom is 0.235 e. The van der Waals surface area contributed by atoms with Crippen molar-refractivity contribution < 1.29 is 9.53 Å². The molecular formula is C24H27ClN4O2S. The second-order valence-electron chi connectivity index (χ2n) is 8.09. The van der Waals surface area contributed by atoms with E-state index in [2.05, 4.69) is 17.1 Å². The highest BCUT2D eigenvalue weighted by molar-refractivity contribution is 8.00. The van der Waals surface area contributed by atoms with Crippen LogP contribution in [0.2, 0.25) is 5.02 Å². The Morgan fingerprint density at radius 1 is 1.12 bits per heavy atom. The lowest BCUT2D eigenvalue weighted by Gasteiger charge is -2.32. The Morgan fingerprint density at radius 3 is 2.47 bits per heavy atom. The number of thioether (sulfide) groups is 1. The normalized spacial score (nSPS) is 15.6. The summed E-state index contributed by atoms with van der Waals surface area (Å²) in [7, 11) is 1.64. The number of rotatable bonds is 6. The molecule has 3 aromatic rings. The molecule has 6 nitrogen and oxygen atoms in total. The number of halogens is 1. The highest BCUT2D eigenvalue weighted by atomic mass is 35.5. The summed E-state index contributed by atoms with van der Waals surface area (Å²) in [6.07, 6.45) is 2.11. The molecule has 1 aliphatic heterocycles. The van der Waals surface area contributed by atoms with E-state index in [1.54, 1.807) is 7.11 Å². The first-order valence-corrected chi connectivity index (χ1v) is 12.0. The van der Waals surface area contributed by atoms with Crippen molar-refractivity contribution in [2.45, 2.75) is 37.1 Å². The van der Waals surface area contributed by atoms with Gasteiger partial charge in [-0.1, -0.05) is 42.4 Å². The number of piperidine rings is 1. The van der Waals surface area contributed by atoms with Crippen molar-refractivity contribution in [1.29, 1.82) is 0 Å². The van der Waals surface area contributed by atoms with Crippen LogP contribution in [0.15, 0.2) is 53.7 Å². The van der Waals surface area contributed by atoms with Crippen LogP contribution < -0.4 is 4.74 Å². The highest BCUT2D eigenvalue weighted by Gasteiger charge is 2.27. The minimum absolute atomic E-state index is 0.144. The molecule has 1 atom stereocenters. The third kappa shape index (κ3) is 4.79. The number of aromatic nitrogens is 3. The summed E-state index contributed by atoms with van der Waals surface area (Å²) < 4.78 is 7.26. The number of methoxy groups -OCH3 is 1. The van der Waals surface area contributed by atoms with Crippen molar-refractivity contribution in [3.8, 4) is 22.8 Å². The Labute approximate surface area is 197 Å². The smallest absolute Gasteiger partial charge is 0.235 e. The van der Waals surface area contributed by atoms with Crippen LogP contribution in [-0.4, -0.2) is 51.0 Å². The minimum Gasteiger partial charge on any atom is -0.497 e. The van der Waals surface area contributed by atoms with Crippen LogP contribution in [0.3, 0.4) is 0 Å². The van der Waals surface area contributed by atoms with E-state index < -0.39 is 0 Å². The van der Waals surface area contributed by atoms with E-state index in [9.17, 15) is 4.79 Å². The maximum atomic E-state index is 13.1. The summed E-state index contributed by atoms with van der Waals surface area (Å²) in [4.78, 5) is 15.1. The Morgan fingerprint density at radius 2 is 1.81 bits per heavy atom. The van der Waals surface area contributed by atoms with Crippen LogP contribution in [0.4, 0.5) is 0 Å². The van der Waals surface area contributed by atoms with E-state index in [4.69, 9.17) is 16.3 Å². The molecule has 1 unspecified atom stereocenters. The SMILES string of the molecule is COc1ccc(-n2c(SC(C)C(=O)N3CCC(C)CC3)nnc2-c2ccccc2Cl)cc1. The molecule has 2 aromatic carbocycles. The van der Waals surface area contributed by atoms with Gasteiger partial charge in [0.15, 0.2) is 11.0 Å². The van der Waals surface area contributed by atoms with E-state index in [0.717, 1.165) is 42.9 Å². The Hall–Kier alpha value is -2.51. The molecule has 0 saturated carbocycles. The summed E-state index contributed by atoms with van der Waals surface area (Å²) in [5.74, 6) is 2.22. The van der Waals surface area contributed by atoms with E-state index >= 15 is 0 Å². The van der Waals surface area contributed by atoms with Crippen molar-refractivity contribution in [1.82, 2.24) is 19.7 Å². The first kappa shape index (κ1) is 22.7. The molecule has 0 bridgehead atoms. The summed E-state index contributed by atoms with van der Waals surface area (Å²) in [6.45, 7) is 5.82. The fraction of sp³-hybridized carbons (Fsp3) is 0.375. The van der Waals surface area contributed by atoms with Gasteiger partial charge in [-0.3, -0.25) is 9.36 Å². The number of benzene rings is 2. The molecule has 0 aliphatic carbocycles. The van der Waals surface area contributed by atoms with Crippen molar-refractivity contribution in [2.75, 3.05) is 20.2 Å². The Balaban J connectivity index is 1.67. The van der Waals surface area contributed by atoms with Gasteiger partial charge in [0, 0.05) is 24.3 Å². The first-order valence-electron chi connectivity index (χ1n) is 10.8. The van der Waals surface area contributed by atoms with Gasteiger partial charge >= 0.3 is 0 Å².